The van der Waals surface area contributed by atoms with E-state index in [1.54, 1.807) is 11.3 Å². The lowest BCUT2D eigenvalue weighted by Gasteiger charge is -2.05. The third-order valence-corrected chi connectivity index (χ3v) is 3.96. The number of halogens is 1. The van der Waals surface area contributed by atoms with Crippen molar-refractivity contribution in [2.45, 2.75) is 33.1 Å². The Bertz CT molecular complexity index is 306. The zero-order valence-corrected chi connectivity index (χ0v) is 11.0. The summed E-state index contributed by atoms with van der Waals surface area (Å²) in [4.78, 5) is 12.7. The predicted octanol–water partition coefficient (Wildman–Crippen LogP) is 4.06. The molecule has 1 atom stereocenters. The largest absolute Gasteiger partial charge is 0.299 e. The van der Waals surface area contributed by atoms with Crippen molar-refractivity contribution in [3.63, 3.8) is 0 Å². The van der Waals surface area contributed by atoms with E-state index in [1.807, 2.05) is 11.4 Å². The molecule has 0 bridgehead atoms. The standard InChI is InChI=1S/C11H15BrOS/c1-3-8(2)4-10(13)6-11-5-9(12)7-14-11/h5,7-8H,3-4,6H2,1-2H3. The van der Waals surface area contributed by atoms with Gasteiger partial charge in [-0.25, -0.2) is 0 Å². The van der Waals surface area contributed by atoms with Crippen LogP contribution in [0.3, 0.4) is 0 Å². The molecule has 1 nitrogen and oxygen atoms in total. The van der Waals surface area contributed by atoms with Crippen LogP contribution in [0.5, 0.6) is 0 Å². The molecule has 0 N–H and O–H groups in total. The summed E-state index contributed by atoms with van der Waals surface area (Å²) in [5, 5.41) is 2.02. The van der Waals surface area contributed by atoms with Gasteiger partial charge < -0.3 is 0 Å². The third-order valence-electron chi connectivity index (χ3n) is 2.27. The molecule has 3 heteroatoms. The summed E-state index contributed by atoms with van der Waals surface area (Å²) in [6, 6.07) is 2.03. The highest BCUT2D eigenvalue weighted by atomic mass is 79.9. The van der Waals surface area contributed by atoms with Crippen molar-refractivity contribution in [2.24, 2.45) is 5.92 Å². The van der Waals surface area contributed by atoms with E-state index in [0.29, 0.717) is 24.5 Å². The molecule has 0 aliphatic heterocycles. The topological polar surface area (TPSA) is 17.1 Å². The van der Waals surface area contributed by atoms with E-state index in [9.17, 15) is 4.79 Å². The van der Waals surface area contributed by atoms with Crippen LogP contribution in [0.25, 0.3) is 0 Å². The number of ketones is 1. The van der Waals surface area contributed by atoms with Crippen LogP contribution < -0.4 is 0 Å². The molecule has 1 aromatic heterocycles. The first-order valence-electron chi connectivity index (χ1n) is 4.86. The minimum atomic E-state index is 0.355. The maximum absolute atomic E-state index is 11.6. The van der Waals surface area contributed by atoms with Gasteiger partial charge in [-0.15, -0.1) is 11.3 Å². The first kappa shape index (κ1) is 11.9. The van der Waals surface area contributed by atoms with Crippen molar-refractivity contribution in [3.05, 3.63) is 20.8 Å². The average molecular weight is 275 g/mol. The SMILES string of the molecule is CCC(C)CC(=O)Cc1cc(Br)cs1. The number of hydrogen-bond donors (Lipinski definition) is 0. The van der Waals surface area contributed by atoms with Crippen LogP contribution >= 0.6 is 27.3 Å². The molecule has 0 saturated carbocycles. The fourth-order valence-electron chi connectivity index (χ4n) is 1.25. The summed E-state index contributed by atoms with van der Waals surface area (Å²) in [7, 11) is 0. The third kappa shape index (κ3) is 3.93. The summed E-state index contributed by atoms with van der Waals surface area (Å²) in [6.45, 7) is 4.25. The number of rotatable bonds is 5. The zero-order valence-electron chi connectivity index (χ0n) is 8.55. The highest BCUT2D eigenvalue weighted by Crippen LogP contribution is 2.21. The molecule has 0 aliphatic rings. The van der Waals surface area contributed by atoms with Crippen LogP contribution in [-0.4, -0.2) is 5.78 Å². The van der Waals surface area contributed by atoms with Gasteiger partial charge in [0.15, 0.2) is 0 Å². The smallest absolute Gasteiger partial charge is 0.138 e. The van der Waals surface area contributed by atoms with Gasteiger partial charge in [-0.1, -0.05) is 20.3 Å². The number of carbonyl (C=O) groups is 1. The van der Waals surface area contributed by atoms with E-state index < -0.39 is 0 Å². The van der Waals surface area contributed by atoms with Gasteiger partial charge in [0.2, 0.25) is 0 Å². The van der Waals surface area contributed by atoms with Crippen molar-refractivity contribution in [2.75, 3.05) is 0 Å². The van der Waals surface area contributed by atoms with Gasteiger partial charge in [0.1, 0.15) is 5.78 Å². The van der Waals surface area contributed by atoms with E-state index >= 15 is 0 Å². The van der Waals surface area contributed by atoms with Crippen LogP contribution in [0, 0.1) is 5.92 Å². The van der Waals surface area contributed by atoms with E-state index in [4.69, 9.17) is 0 Å². The monoisotopic (exact) mass is 274 g/mol. The molecule has 0 radical (unpaired) electrons. The minimum Gasteiger partial charge on any atom is -0.299 e. The minimum absolute atomic E-state index is 0.355. The molecule has 78 valence electrons. The van der Waals surface area contributed by atoms with Crippen molar-refractivity contribution < 1.29 is 4.79 Å². The van der Waals surface area contributed by atoms with Crippen molar-refractivity contribution in [1.29, 1.82) is 0 Å². The predicted molar refractivity (Wildman–Crippen MR) is 64.8 cm³/mol. The highest BCUT2D eigenvalue weighted by molar-refractivity contribution is 9.10. The molecule has 14 heavy (non-hydrogen) atoms. The molecule has 1 rings (SSSR count). The molecule has 0 aliphatic carbocycles. The Morgan fingerprint density at radius 3 is 2.86 bits per heavy atom. The van der Waals surface area contributed by atoms with E-state index in [-0.39, 0.29) is 0 Å². The molecule has 0 aromatic carbocycles. The summed E-state index contributed by atoms with van der Waals surface area (Å²) >= 11 is 5.03. The lowest BCUT2D eigenvalue weighted by molar-refractivity contribution is -0.119. The lowest BCUT2D eigenvalue weighted by atomic mass is 10.0. The second kappa shape index (κ2) is 5.66. The molecular weight excluding hydrogens is 260 g/mol. The summed E-state index contributed by atoms with van der Waals surface area (Å²) in [5.74, 6) is 0.875. The number of carbonyl (C=O) groups excluding carboxylic acids is 1. The maximum Gasteiger partial charge on any atom is 0.138 e. The number of hydrogen-bond acceptors (Lipinski definition) is 2. The van der Waals surface area contributed by atoms with Crippen LogP contribution in [0.4, 0.5) is 0 Å². The molecule has 1 aromatic rings. The van der Waals surface area contributed by atoms with E-state index in [1.165, 1.54) is 0 Å². The Balaban J connectivity index is 2.41. The molecule has 1 heterocycles. The fraction of sp³-hybridized carbons (Fsp3) is 0.545. The normalized spacial score (nSPS) is 12.8. The second-order valence-corrected chi connectivity index (χ2v) is 5.58. The van der Waals surface area contributed by atoms with Crippen molar-refractivity contribution in [1.82, 2.24) is 0 Å². The van der Waals surface area contributed by atoms with Gasteiger partial charge >= 0.3 is 0 Å². The van der Waals surface area contributed by atoms with Crippen LogP contribution in [0.15, 0.2) is 15.9 Å². The van der Waals surface area contributed by atoms with Gasteiger partial charge in [0.25, 0.3) is 0 Å². The van der Waals surface area contributed by atoms with Crippen LogP contribution in [-0.2, 0) is 11.2 Å². The highest BCUT2D eigenvalue weighted by Gasteiger charge is 2.09. The Kier molecular flexibility index (Phi) is 4.82. The van der Waals surface area contributed by atoms with Crippen molar-refractivity contribution >= 4 is 33.0 Å². The van der Waals surface area contributed by atoms with Crippen LogP contribution in [0.2, 0.25) is 0 Å². The lowest BCUT2D eigenvalue weighted by Crippen LogP contribution is -2.06. The first-order valence-corrected chi connectivity index (χ1v) is 6.53. The van der Waals surface area contributed by atoms with Gasteiger partial charge in [0, 0.05) is 27.6 Å². The molecule has 1 unspecified atom stereocenters. The Morgan fingerprint density at radius 2 is 2.36 bits per heavy atom. The summed E-state index contributed by atoms with van der Waals surface area (Å²) < 4.78 is 1.08. The fourth-order valence-corrected chi connectivity index (χ4v) is 2.73. The molecule has 0 amide bonds. The molecule has 0 fully saturated rings. The van der Waals surface area contributed by atoms with Gasteiger partial charge in [0.05, 0.1) is 0 Å². The molecule has 0 spiro atoms. The van der Waals surface area contributed by atoms with Crippen molar-refractivity contribution in [3.8, 4) is 0 Å². The number of Topliss-reactive ketones (excluding diaryl/α,β-unsaturated/α-hetero) is 1. The summed E-state index contributed by atoms with van der Waals surface area (Å²) in [5.41, 5.74) is 0. The Hall–Kier alpha value is -0.150. The first-order chi connectivity index (χ1) is 6.61. The van der Waals surface area contributed by atoms with Gasteiger partial charge in [-0.3, -0.25) is 4.79 Å². The quantitative estimate of drug-likeness (QED) is 0.792. The summed E-state index contributed by atoms with van der Waals surface area (Å²) in [6.07, 6.45) is 2.40. The zero-order chi connectivity index (χ0) is 10.6. The van der Waals surface area contributed by atoms with Gasteiger partial charge in [-0.05, 0) is 27.9 Å². The Morgan fingerprint density at radius 1 is 1.64 bits per heavy atom. The van der Waals surface area contributed by atoms with Gasteiger partial charge in [-0.2, -0.15) is 0 Å². The van der Waals surface area contributed by atoms with E-state index in [2.05, 4.69) is 29.8 Å². The molecular formula is C11H15BrOS. The Labute approximate surface area is 97.7 Å². The maximum atomic E-state index is 11.6. The molecule has 0 saturated heterocycles. The second-order valence-electron chi connectivity index (χ2n) is 3.66. The average Bonchev–Trinajstić information content (AvgIpc) is 2.50. The number of thiophene rings is 1. The van der Waals surface area contributed by atoms with E-state index in [0.717, 1.165) is 15.8 Å². The van der Waals surface area contributed by atoms with Crippen LogP contribution in [0.1, 0.15) is 31.6 Å².